The Labute approximate surface area is 121 Å². The van der Waals surface area contributed by atoms with E-state index < -0.39 is 17.1 Å². The van der Waals surface area contributed by atoms with Crippen molar-refractivity contribution in [2.24, 2.45) is 0 Å². The zero-order chi connectivity index (χ0) is 15.4. The Morgan fingerprint density at radius 3 is 2.67 bits per heavy atom. The minimum atomic E-state index is -1.07. The van der Waals surface area contributed by atoms with Gasteiger partial charge in [0.25, 0.3) is 0 Å². The molecule has 2 N–H and O–H groups in total. The van der Waals surface area contributed by atoms with E-state index in [1.165, 1.54) is 16.7 Å². The van der Waals surface area contributed by atoms with Crippen LogP contribution in [0.25, 0.3) is 11.0 Å². The Kier molecular flexibility index (Phi) is 4.57. The molecule has 2 rings (SSSR count). The second-order valence-corrected chi connectivity index (χ2v) is 5.01. The number of carboxylic acids is 1. The molecule has 0 fully saturated rings. The molecule has 0 aliphatic rings. The molecule has 0 aliphatic heterocycles. The van der Waals surface area contributed by atoms with Crippen molar-refractivity contribution in [3.8, 4) is 0 Å². The Morgan fingerprint density at radius 2 is 2.00 bits per heavy atom. The van der Waals surface area contributed by atoms with E-state index in [2.05, 4.69) is 11.9 Å². The molecule has 6 nitrogen and oxygen atoms in total. The molecule has 0 saturated heterocycles. The average Bonchev–Trinajstić information content (AvgIpc) is 2.46. The summed E-state index contributed by atoms with van der Waals surface area (Å²) in [4.78, 5) is 37.1. The smallest absolute Gasteiger partial charge is 0.335 e. The van der Waals surface area contributed by atoms with E-state index in [4.69, 9.17) is 5.11 Å². The maximum absolute atomic E-state index is 12.0. The van der Waals surface area contributed by atoms with Crippen LogP contribution in [0.4, 0.5) is 0 Å². The first-order valence-corrected chi connectivity index (χ1v) is 7.04. The highest BCUT2D eigenvalue weighted by Crippen LogP contribution is 2.12. The lowest BCUT2D eigenvalue weighted by Crippen LogP contribution is -2.36. The molecule has 0 unspecified atom stereocenters. The highest BCUT2D eigenvalue weighted by molar-refractivity contribution is 5.92. The average molecular weight is 290 g/mol. The van der Waals surface area contributed by atoms with Crippen LogP contribution in [0.2, 0.25) is 0 Å². The number of H-pyrrole nitrogens is 1. The summed E-state index contributed by atoms with van der Waals surface area (Å²) in [5, 5.41) is 8.98. The molecule has 1 heterocycles. The Morgan fingerprint density at radius 1 is 1.24 bits per heavy atom. The van der Waals surface area contributed by atoms with Crippen LogP contribution < -0.4 is 11.1 Å². The summed E-state index contributed by atoms with van der Waals surface area (Å²) in [6.45, 7) is 2.56. The number of aromatic amines is 1. The van der Waals surface area contributed by atoms with Gasteiger partial charge >= 0.3 is 17.1 Å². The van der Waals surface area contributed by atoms with Gasteiger partial charge in [0, 0.05) is 6.54 Å². The van der Waals surface area contributed by atoms with Crippen LogP contribution in [0.15, 0.2) is 27.8 Å². The molecule has 1 aromatic carbocycles. The maximum Gasteiger partial charge on any atom is 0.335 e. The van der Waals surface area contributed by atoms with Crippen LogP contribution in [0.5, 0.6) is 0 Å². The molecular weight excluding hydrogens is 272 g/mol. The van der Waals surface area contributed by atoms with Crippen molar-refractivity contribution in [2.75, 3.05) is 0 Å². The first-order valence-electron chi connectivity index (χ1n) is 7.04. The van der Waals surface area contributed by atoms with Crippen LogP contribution >= 0.6 is 0 Å². The number of hydrogen-bond donors (Lipinski definition) is 2. The molecule has 0 bridgehead atoms. The van der Waals surface area contributed by atoms with Crippen molar-refractivity contribution in [2.45, 2.75) is 39.2 Å². The lowest BCUT2D eigenvalue weighted by Gasteiger charge is -2.10. The first-order chi connectivity index (χ1) is 10.0. The number of hydrogen-bond acceptors (Lipinski definition) is 3. The number of benzene rings is 1. The molecule has 2 aromatic rings. The Hall–Kier alpha value is -2.37. The molecule has 0 aliphatic carbocycles. The standard InChI is InChI=1S/C15H18N2O4/c1-2-3-4-5-8-17-12-7-6-10(15(20)21)9-11(12)16-13(18)14(17)19/h6-7,9H,2-5,8H2,1H3,(H,16,18)(H,20,21). The van der Waals surface area contributed by atoms with E-state index in [0.717, 1.165) is 25.7 Å². The third kappa shape index (κ3) is 3.21. The number of aromatic carboxylic acids is 1. The van der Waals surface area contributed by atoms with Gasteiger partial charge < -0.3 is 14.7 Å². The second kappa shape index (κ2) is 6.39. The van der Waals surface area contributed by atoms with Gasteiger partial charge in [-0.3, -0.25) is 9.59 Å². The van der Waals surface area contributed by atoms with Crippen LogP contribution in [-0.4, -0.2) is 20.6 Å². The summed E-state index contributed by atoms with van der Waals surface area (Å²) in [7, 11) is 0. The zero-order valence-corrected chi connectivity index (χ0v) is 11.9. The lowest BCUT2D eigenvalue weighted by molar-refractivity contribution is 0.0697. The van der Waals surface area contributed by atoms with Gasteiger partial charge in [-0.15, -0.1) is 0 Å². The third-order valence-electron chi connectivity index (χ3n) is 3.46. The number of rotatable bonds is 6. The van der Waals surface area contributed by atoms with Gasteiger partial charge in [-0.25, -0.2) is 4.79 Å². The van der Waals surface area contributed by atoms with E-state index in [1.54, 1.807) is 6.07 Å². The second-order valence-electron chi connectivity index (χ2n) is 5.01. The van der Waals surface area contributed by atoms with Crippen molar-refractivity contribution < 1.29 is 9.90 Å². The summed E-state index contributed by atoms with van der Waals surface area (Å²) in [5.74, 6) is -1.07. The van der Waals surface area contributed by atoms with Gasteiger partial charge in [0.2, 0.25) is 0 Å². The molecule has 1 aromatic heterocycles. The van der Waals surface area contributed by atoms with Gasteiger partial charge in [-0.1, -0.05) is 26.2 Å². The minimum absolute atomic E-state index is 0.0781. The largest absolute Gasteiger partial charge is 0.478 e. The minimum Gasteiger partial charge on any atom is -0.478 e. The molecule has 21 heavy (non-hydrogen) atoms. The summed E-state index contributed by atoms with van der Waals surface area (Å²) in [6.07, 6.45) is 3.98. The maximum atomic E-state index is 12.0. The number of carboxylic acid groups (broad SMARTS) is 1. The van der Waals surface area contributed by atoms with Crippen LogP contribution in [0, 0.1) is 0 Å². The molecule has 0 atom stereocenters. The Bertz CT molecular complexity index is 773. The van der Waals surface area contributed by atoms with Crippen LogP contribution in [0.1, 0.15) is 43.0 Å². The first kappa shape index (κ1) is 15.0. The monoisotopic (exact) mass is 290 g/mol. The van der Waals surface area contributed by atoms with Gasteiger partial charge in [0.05, 0.1) is 16.6 Å². The number of fused-ring (bicyclic) bond motifs is 1. The van der Waals surface area contributed by atoms with Crippen molar-refractivity contribution in [1.29, 1.82) is 0 Å². The molecule has 0 radical (unpaired) electrons. The summed E-state index contributed by atoms with van der Waals surface area (Å²) in [5.41, 5.74) is -0.312. The molecule has 0 spiro atoms. The van der Waals surface area contributed by atoms with Gasteiger partial charge in [-0.05, 0) is 24.6 Å². The van der Waals surface area contributed by atoms with E-state index in [9.17, 15) is 14.4 Å². The molecule has 112 valence electrons. The fourth-order valence-corrected chi connectivity index (χ4v) is 2.33. The number of nitrogens with zero attached hydrogens (tertiary/aromatic N) is 1. The van der Waals surface area contributed by atoms with Crippen LogP contribution in [0.3, 0.4) is 0 Å². The topological polar surface area (TPSA) is 92.2 Å². The Balaban J connectivity index is 2.47. The lowest BCUT2D eigenvalue weighted by atomic mass is 10.1. The van der Waals surface area contributed by atoms with Crippen molar-refractivity contribution >= 4 is 17.0 Å². The molecule has 0 amide bonds. The highest BCUT2D eigenvalue weighted by atomic mass is 16.4. The van der Waals surface area contributed by atoms with E-state index >= 15 is 0 Å². The number of aryl methyl sites for hydroxylation is 1. The zero-order valence-electron chi connectivity index (χ0n) is 11.9. The van der Waals surface area contributed by atoms with Gasteiger partial charge in [0.15, 0.2) is 0 Å². The molecule has 6 heteroatoms. The number of nitrogens with one attached hydrogen (secondary N) is 1. The predicted molar refractivity (Wildman–Crippen MR) is 79.9 cm³/mol. The quantitative estimate of drug-likeness (QED) is 0.628. The van der Waals surface area contributed by atoms with E-state index in [0.29, 0.717) is 17.6 Å². The predicted octanol–water partition coefficient (Wildman–Crippen LogP) is 1.97. The SMILES string of the molecule is CCCCCCn1c(=O)c(=O)[nH]c2cc(C(=O)O)ccc21. The number of aromatic nitrogens is 2. The highest BCUT2D eigenvalue weighted by Gasteiger charge is 2.10. The normalized spacial score (nSPS) is 10.9. The fourth-order valence-electron chi connectivity index (χ4n) is 2.33. The van der Waals surface area contributed by atoms with Crippen molar-refractivity contribution in [3.63, 3.8) is 0 Å². The fraction of sp³-hybridized carbons (Fsp3) is 0.400. The molecule has 0 saturated carbocycles. The number of carbonyl (C=O) groups is 1. The van der Waals surface area contributed by atoms with E-state index in [1.807, 2.05) is 0 Å². The molecular formula is C15H18N2O4. The summed E-state index contributed by atoms with van der Waals surface area (Å²) < 4.78 is 1.43. The van der Waals surface area contributed by atoms with Gasteiger partial charge in [-0.2, -0.15) is 0 Å². The summed E-state index contributed by atoms with van der Waals surface area (Å²) >= 11 is 0. The van der Waals surface area contributed by atoms with Crippen LogP contribution in [-0.2, 0) is 6.54 Å². The van der Waals surface area contributed by atoms with Gasteiger partial charge in [0.1, 0.15) is 0 Å². The third-order valence-corrected chi connectivity index (χ3v) is 3.46. The van der Waals surface area contributed by atoms with Crippen molar-refractivity contribution in [1.82, 2.24) is 9.55 Å². The van der Waals surface area contributed by atoms with E-state index in [-0.39, 0.29) is 5.56 Å². The van der Waals surface area contributed by atoms with Crippen molar-refractivity contribution in [3.05, 3.63) is 44.5 Å². The number of unbranched alkanes of at least 4 members (excludes halogenated alkanes) is 3. The summed E-state index contributed by atoms with van der Waals surface area (Å²) in [6, 6.07) is 4.38.